The molecule has 4 heteroatoms. The zero-order chi connectivity index (χ0) is 11.4. The number of hydrogen-bond acceptors (Lipinski definition) is 2. The molecular weight excluding hydrogens is 296 g/mol. The van der Waals surface area contributed by atoms with E-state index in [0.717, 1.165) is 16.0 Å². The van der Waals surface area contributed by atoms with E-state index >= 15 is 0 Å². The average molecular weight is 308 g/mol. The van der Waals surface area contributed by atoms with Crippen LogP contribution in [-0.2, 0) is 10.7 Å². The summed E-state index contributed by atoms with van der Waals surface area (Å²) < 4.78 is 0. The van der Waals surface area contributed by atoms with Crippen LogP contribution in [0.4, 0.5) is 0 Å². The minimum atomic E-state index is -0.252. The molecule has 0 N–H and O–H groups in total. The van der Waals surface area contributed by atoms with Gasteiger partial charge in [0.05, 0.1) is 4.83 Å². The van der Waals surface area contributed by atoms with Gasteiger partial charge in [0.1, 0.15) is 5.78 Å². The van der Waals surface area contributed by atoms with Crippen molar-refractivity contribution < 1.29 is 4.79 Å². The summed E-state index contributed by atoms with van der Waals surface area (Å²) in [6.07, 6.45) is 2.01. The molecule has 0 amide bonds. The number of hydrogen-bond donors (Lipinski definition) is 0. The monoisotopic (exact) mass is 306 g/mol. The first-order valence-corrected chi connectivity index (χ1v) is 7.15. The molecule has 1 rings (SSSR count). The molecule has 1 aromatic carbocycles. The van der Waals surface area contributed by atoms with Gasteiger partial charge in [0.15, 0.2) is 0 Å². The fourth-order valence-corrected chi connectivity index (χ4v) is 2.40. The van der Waals surface area contributed by atoms with Gasteiger partial charge in [-0.1, -0.05) is 22.0 Å². The van der Waals surface area contributed by atoms with Crippen LogP contribution in [0.25, 0.3) is 0 Å². The zero-order valence-electron chi connectivity index (χ0n) is 8.59. The summed E-state index contributed by atoms with van der Waals surface area (Å²) in [4.78, 5) is 12.2. The van der Waals surface area contributed by atoms with Crippen LogP contribution < -0.4 is 0 Å². The lowest BCUT2D eigenvalue weighted by Gasteiger charge is -2.12. The van der Waals surface area contributed by atoms with Crippen molar-refractivity contribution in [2.75, 3.05) is 6.26 Å². The van der Waals surface area contributed by atoms with Crippen molar-refractivity contribution in [3.8, 4) is 0 Å². The number of rotatable bonds is 4. The number of carbonyl (C=O) groups excluding carboxylic acids is 1. The van der Waals surface area contributed by atoms with Crippen molar-refractivity contribution in [3.05, 3.63) is 29.3 Å². The van der Waals surface area contributed by atoms with Crippen molar-refractivity contribution in [1.82, 2.24) is 0 Å². The number of alkyl halides is 2. The standard InChI is InChI=1S/C11H12BrClOS/c1-7(14)11(12)10-5-9(15-2)4-3-8(10)6-13/h3-5,11H,6H2,1-2H3. The molecule has 0 spiro atoms. The highest BCUT2D eigenvalue weighted by Crippen LogP contribution is 2.31. The fourth-order valence-electron chi connectivity index (χ4n) is 1.28. The van der Waals surface area contributed by atoms with E-state index in [1.165, 1.54) is 0 Å². The molecule has 0 heterocycles. The third-order valence-corrected chi connectivity index (χ3v) is 4.28. The molecule has 15 heavy (non-hydrogen) atoms. The zero-order valence-corrected chi connectivity index (χ0v) is 11.7. The quantitative estimate of drug-likeness (QED) is 0.613. The van der Waals surface area contributed by atoms with Crippen LogP contribution in [-0.4, -0.2) is 12.0 Å². The van der Waals surface area contributed by atoms with Gasteiger partial charge in [-0.05, 0) is 36.4 Å². The first-order valence-electron chi connectivity index (χ1n) is 4.47. The van der Waals surface area contributed by atoms with Gasteiger partial charge < -0.3 is 0 Å². The SMILES string of the molecule is CSc1ccc(CCl)c(C(Br)C(C)=O)c1. The smallest absolute Gasteiger partial charge is 0.147 e. The fraction of sp³-hybridized carbons (Fsp3) is 0.364. The normalized spacial score (nSPS) is 12.5. The van der Waals surface area contributed by atoms with Crippen molar-refractivity contribution in [2.45, 2.75) is 22.5 Å². The maximum absolute atomic E-state index is 11.3. The highest BCUT2D eigenvalue weighted by atomic mass is 79.9. The second kappa shape index (κ2) is 5.92. The van der Waals surface area contributed by atoms with Crippen LogP contribution in [0.5, 0.6) is 0 Å². The molecule has 0 aliphatic carbocycles. The number of halogens is 2. The number of benzene rings is 1. The first kappa shape index (κ1) is 13.1. The van der Waals surface area contributed by atoms with Gasteiger partial charge in [-0.2, -0.15) is 0 Å². The lowest BCUT2D eigenvalue weighted by Crippen LogP contribution is -2.04. The van der Waals surface area contributed by atoms with E-state index in [9.17, 15) is 4.79 Å². The Balaban J connectivity index is 3.16. The Hall–Kier alpha value is 0.01000. The van der Waals surface area contributed by atoms with E-state index in [2.05, 4.69) is 15.9 Å². The summed E-state index contributed by atoms with van der Waals surface area (Å²) in [6.45, 7) is 1.57. The van der Waals surface area contributed by atoms with E-state index in [1.807, 2.05) is 24.5 Å². The van der Waals surface area contributed by atoms with Gasteiger partial charge in [0.2, 0.25) is 0 Å². The Kier molecular flexibility index (Phi) is 5.16. The van der Waals surface area contributed by atoms with Crippen molar-refractivity contribution >= 4 is 45.1 Å². The third kappa shape index (κ3) is 3.23. The number of ketones is 1. The highest BCUT2D eigenvalue weighted by molar-refractivity contribution is 9.09. The van der Waals surface area contributed by atoms with E-state index < -0.39 is 0 Å². The van der Waals surface area contributed by atoms with E-state index in [4.69, 9.17) is 11.6 Å². The van der Waals surface area contributed by atoms with Crippen molar-refractivity contribution in [2.24, 2.45) is 0 Å². The van der Waals surface area contributed by atoms with Gasteiger partial charge in [-0.25, -0.2) is 0 Å². The molecule has 0 aliphatic heterocycles. The van der Waals surface area contributed by atoms with Gasteiger partial charge >= 0.3 is 0 Å². The number of carbonyl (C=O) groups is 1. The van der Waals surface area contributed by atoms with E-state index in [-0.39, 0.29) is 10.6 Å². The molecule has 0 aliphatic rings. The minimum absolute atomic E-state index is 0.0969. The maximum Gasteiger partial charge on any atom is 0.147 e. The van der Waals surface area contributed by atoms with Gasteiger partial charge in [-0.3, -0.25) is 4.79 Å². The molecule has 0 radical (unpaired) electrons. The maximum atomic E-state index is 11.3. The topological polar surface area (TPSA) is 17.1 Å². The van der Waals surface area contributed by atoms with E-state index in [0.29, 0.717) is 5.88 Å². The number of Topliss-reactive ketones (excluding diaryl/α,β-unsaturated/α-hetero) is 1. The van der Waals surface area contributed by atoms with Crippen LogP contribution >= 0.6 is 39.3 Å². The van der Waals surface area contributed by atoms with Crippen LogP contribution in [0.1, 0.15) is 22.9 Å². The predicted octanol–water partition coefficient (Wildman–Crippen LogP) is 4.17. The summed E-state index contributed by atoms with van der Waals surface area (Å²) in [6, 6.07) is 6.01. The van der Waals surface area contributed by atoms with Crippen LogP contribution in [0.3, 0.4) is 0 Å². The molecule has 1 atom stereocenters. The van der Waals surface area contributed by atoms with Crippen LogP contribution in [0.15, 0.2) is 23.1 Å². The first-order chi connectivity index (χ1) is 7.10. The molecular formula is C11H12BrClOS. The lowest BCUT2D eigenvalue weighted by molar-refractivity contribution is -0.116. The summed E-state index contributed by atoms with van der Waals surface area (Å²) in [5, 5.41) is 0. The third-order valence-electron chi connectivity index (χ3n) is 2.13. The van der Waals surface area contributed by atoms with Gasteiger partial charge in [0, 0.05) is 10.8 Å². The van der Waals surface area contributed by atoms with Gasteiger partial charge in [-0.15, -0.1) is 23.4 Å². The Morgan fingerprint density at radius 2 is 2.27 bits per heavy atom. The molecule has 1 aromatic rings. The Morgan fingerprint density at radius 3 is 2.73 bits per heavy atom. The minimum Gasteiger partial charge on any atom is -0.298 e. The molecule has 0 saturated heterocycles. The lowest BCUT2D eigenvalue weighted by atomic mass is 10.0. The second-order valence-electron chi connectivity index (χ2n) is 3.17. The second-order valence-corrected chi connectivity index (χ2v) is 5.23. The summed E-state index contributed by atoms with van der Waals surface area (Å²) in [7, 11) is 0. The molecule has 0 fully saturated rings. The molecule has 0 aromatic heterocycles. The molecule has 1 nitrogen and oxygen atoms in total. The average Bonchev–Trinajstić information content (AvgIpc) is 2.27. The largest absolute Gasteiger partial charge is 0.298 e. The summed E-state index contributed by atoms with van der Waals surface area (Å²) in [5.74, 6) is 0.527. The summed E-state index contributed by atoms with van der Waals surface area (Å²) in [5.41, 5.74) is 1.98. The molecule has 82 valence electrons. The predicted molar refractivity (Wildman–Crippen MR) is 70.1 cm³/mol. The number of thioether (sulfide) groups is 1. The Bertz CT molecular complexity index is 368. The van der Waals surface area contributed by atoms with Crippen molar-refractivity contribution in [1.29, 1.82) is 0 Å². The van der Waals surface area contributed by atoms with Crippen LogP contribution in [0.2, 0.25) is 0 Å². The highest BCUT2D eigenvalue weighted by Gasteiger charge is 2.16. The van der Waals surface area contributed by atoms with Gasteiger partial charge in [0.25, 0.3) is 0 Å². The molecule has 0 saturated carbocycles. The molecule has 0 bridgehead atoms. The van der Waals surface area contributed by atoms with Crippen LogP contribution in [0, 0.1) is 0 Å². The Morgan fingerprint density at radius 1 is 1.60 bits per heavy atom. The van der Waals surface area contributed by atoms with E-state index in [1.54, 1.807) is 18.7 Å². The summed E-state index contributed by atoms with van der Waals surface area (Å²) >= 11 is 10.9. The van der Waals surface area contributed by atoms with Crippen molar-refractivity contribution in [3.63, 3.8) is 0 Å². The molecule has 1 unspecified atom stereocenters. The Labute approximate surface area is 108 Å².